The van der Waals surface area contributed by atoms with Gasteiger partial charge in [-0.3, -0.25) is 9.52 Å². The number of hydrogen-bond acceptors (Lipinski definition) is 3. The fourth-order valence-electron chi connectivity index (χ4n) is 2.60. The van der Waals surface area contributed by atoms with Crippen molar-refractivity contribution in [1.29, 1.82) is 0 Å². The van der Waals surface area contributed by atoms with Crippen molar-refractivity contribution in [3.63, 3.8) is 0 Å². The maximum absolute atomic E-state index is 13.0. The van der Waals surface area contributed by atoms with Crippen molar-refractivity contribution in [2.75, 3.05) is 10.0 Å². The maximum atomic E-state index is 13.0. The van der Waals surface area contributed by atoms with E-state index in [2.05, 4.69) is 10.0 Å². The van der Waals surface area contributed by atoms with Crippen LogP contribution in [-0.2, 0) is 10.0 Å². The molecular weight excluding hydrogens is 415 g/mol. The molecule has 0 aliphatic heterocycles. The lowest BCUT2D eigenvalue weighted by molar-refractivity contribution is 0.102. The molecule has 0 aliphatic rings. The van der Waals surface area contributed by atoms with Crippen LogP contribution in [0, 0.1) is 19.7 Å². The van der Waals surface area contributed by atoms with Crippen molar-refractivity contribution < 1.29 is 17.6 Å². The third kappa shape index (κ3) is 4.93. The van der Waals surface area contributed by atoms with E-state index in [1.165, 1.54) is 42.5 Å². The van der Waals surface area contributed by atoms with Crippen molar-refractivity contribution in [2.45, 2.75) is 18.7 Å². The van der Waals surface area contributed by atoms with Crippen molar-refractivity contribution in [1.82, 2.24) is 0 Å². The number of carbonyl (C=O) groups excluding carboxylic acids is 1. The molecule has 0 saturated heterocycles. The number of nitrogens with one attached hydrogen (secondary N) is 2. The second-order valence-electron chi connectivity index (χ2n) is 6.51. The lowest BCUT2D eigenvalue weighted by Gasteiger charge is -2.12. The van der Waals surface area contributed by atoms with E-state index in [-0.39, 0.29) is 15.5 Å². The standard InChI is InChI=1S/C21H18ClFN2O3S/c1-13-3-6-17(11-14(13)2)25-29(27,28)18-9-10-20(22)19(12-18)21(26)24-16-7-4-15(23)5-8-16/h3-12,25H,1-2H3,(H,24,26). The molecule has 2 N–H and O–H groups in total. The Kier molecular flexibility index (Phi) is 5.91. The van der Waals surface area contributed by atoms with Crippen molar-refractivity contribution >= 4 is 38.9 Å². The topological polar surface area (TPSA) is 75.3 Å². The molecule has 0 radical (unpaired) electrons. The molecule has 3 rings (SSSR count). The number of sulfonamides is 1. The van der Waals surface area contributed by atoms with E-state index in [1.807, 2.05) is 19.9 Å². The Hall–Kier alpha value is -2.90. The number of carbonyl (C=O) groups is 1. The molecule has 1 amide bonds. The number of aryl methyl sites for hydroxylation is 2. The Morgan fingerprint density at radius 1 is 0.897 bits per heavy atom. The highest BCUT2D eigenvalue weighted by Crippen LogP contribution is 2.24. The van der Waals surface area contributed by atoms with Gasteiger partial charge in [0.1, 0.15) is 5.82 Å². The van der Waals surface area contributed by atoms with Gasteiger partial charge in [-0.1, -0.05) is 17.7 Å². The quantitative estimate of drug-likeness (QED) is 0.585. The van der Waals surface area contributed by atoms with Gasteiger partial charge in [-0.15, -0.1) is 0 Å². The molecule has 0 saturated carbocycles. The largest absolute Gasteiger partial charge is 0.322 e. The third-order valence-electron chi connectivity index (χ3n) is 4.35. The first-order valence-electron chi connectivity index (χ1n) is 8.62. The van der Waals surface area contributed by atoms with Crippen LogP contribution in [0.2, 0.25) is 5.02 Å². The molecule has 0 atom stereocenters. The molecule has 0 unspecified atom stereocenters. The molecule has 8 heteroatoms. The zero-order valence-electron chi connectivity index (χ0n) is 15.7. The van der Waals surface area contributed by atoms with Gasteiger partial charge in [-0.25, -0.2) is 12.8 Å². The highest BCUT2D eigenvalue weighted by molar-refractivity contribution is 7.92. The minimum absolute atomic E-state index is 0.0149. The predicted molar refractivity (Wildman–Crippen MR) is 113 cm³/mol. The Balaban J connectivity index is 1.87. The molecule has 5 nitrogen and oxygen atoms in total. The third-order valence-corrected chi connectivity index (χ3v) is 6.06. The number of hydrogen-bond donors (Lipinski definition) is 2. The smallest absolute Gasteiger partial charge is 0.261 e. The van der Waals surface area contributed by atoms with Gasteiger partial charge < -0.3 is 5.32 Å². The summed E-state index contributed by atoms with van der Waals surface area (Å²) in [6.45, 7) is 3.81. The molecule has 29 heavy (non-hydrogen) atoms. The van der Waals surface area contributed by atoms with Crippen LogP contribution in [0.3, 0.4) is 0 Å². The molecule has 0 aromatic heterocycles. The SMILES string of the molecule is Cc1ccc(NS(=O)(=O)c2ccc(Cl)c(C(=O)Nc3ccc(F)cc3)c2)cc1C. The summed E-state index contributed by atoms with van der Waals surface area (Å²) in [5.41, 5.74) is 2.74. The van der Waals surface area contributed by atoms with Crippen LogP contribution < -0.4 is 10.0 Å². The van der Waals surface area contributed by atoms with Crippen molar-refractivity contribution in [3.05, 3.63) is 88.2 Å². The van der Waals surface area contributed by atoms with E-state index in [0.717, 1.165) is 11.1 Å². The monoisotopic (exact) mass is 432 g/mol. The van der Waals surface area contributed by atoms with E-state index in [4.69, 9.17) is 11.6 Å². The zero-order valence-corrected chi connectivity index (χ0v) is 17.2. The van der Waals surface area contributed by atoms with Crippen LogP contribution in [0.15, 0.2) is 65.6 Å². The van der Waals surface area contributed by atoms with Crippen LogP contribution in [0.5, 0.6) is 0 Å². The van der Waals surface area contributed by atoms with Gasteiger partial charge in [0.15, 0.2) is 0 Å². The van der Waals surface area contributed by atoms with Gasteiger partial charge >= 0.3 is 0 Å². The molecule has 3 aromatic rings. The molecule has 0 heterocycles. The van der Waals surface area contributed by atoms with E-state index in [0.29, 0.717) is 11.4 Å². The Bertz CT molecular complexity index is 1180. The first-order valence-corrected chi connectivity index (χ1v) is 10.5. The van der Waals surface area contributed by atoms with Crippen LogP contribution in [0.1, 0.15) is 21.5 Å². The van der Waals surface area contributed by atoms with Crippen LogP contribution in [0.4, 0.5) is 15.8 Å². The molecule has 0 bridgehead atoms. The lowest BCUT2D eigenvalue weighted by atomic mass is 10.1. The first-order chi connectivity index (χ1) is 13.7. The second-order valence-corrected chi connectivity index (χ2v) is 8.60. The molecular formula is C21H18ClFN2O3S. The molecule has 0 aliphatic carbocycles. The Labute approximate surface area is 173 Å². The summed E-state index contributed by atoms with van der Waals surface area (Å²) >= 11 is 6.09. The fourth-order valence-corrected chi connectivity index (χ4v) is 3.87. The normalized spacial score (nSPS) is 11.2. The minimum atomic E-state index is -3.93. The number of rotatable bonds is 5. The summed E-state index contributed by atoms with van der Waals surface area (Å²) in [4.78, 5) is 12.4. The summed E-state index contributed by atoms with van der Waals surface area (Å²) in [7, 11) is -3.93. The summed E-state index contributed by atoms with van der Waals surface area (Å²) in [5, 5.41) is 2.66. The van der Waals surface area contributed by atoms with E-state index < -0.39 is 21.7 Å². The highest BCUT2D eigenvalue weighted by atomic mass is 35.5. The van der Waals surface area contributed by atoms with Gasteiger partial charge in [0, 0.05) is 11.4 Å². The average Bonchev–Trinajstić information content (AvgIpc) is 2.66. The van der Waals surface area contributed by atoms with Gasteiger partial charge in [0.05, 0.1) is 15.5 Å². The van der Waals surface area contributed by atoms with Gasteiger partial charge in [-0.05, 0) is 79.6 Å². The summed E-state index contributed by atoms with van der Waals surface area (Å²) in [6.07, 6.45) is 0. The molecule has 0 spiro atoms. The number of amides is 1. The average molecular weight is 433 g/mol. The van der Waals surface area contributed by atoms with Crippen LogP contribution >= 0.6 is 11.6 Å². The van der Waals surface area contributed by atoms with E-state index in [9.17, 15) is 17.6 Å². The fraction of sp³-hybridized carbons (Fsp3) is 0.0952. The molecule has 0 fully saturated rings. The summed E-state index contributed by atoms with van der Waals surface area (Å²) < 4.78 is 41.0. The zero-order chi connectivity index (χ0) is 21.2. The Morgan fingerprint density at radius 3 is 2.21 bits per heavy atom. The molecule has 150 valence electrons. The number of halogens is 2. The Morgan fingerprint density at radius 2 is 1.55 bits per heavy atom. The van der Waals surface area contributed by atoms with E-state index >= 15 is 0 Å². The van der Waals surface area contributed by atoms with Crippen molar-refractivity contribution in [3.8, 4) is 0 Å². The first kappa shape index (κ1) is 20.8. The lowest BCUT2D eigenvalue weighted by Crippen LogP contribution is -2.16. The predicted octanol–water partition coefficient (Wildman–Crippen LogP) is 5.15. The maximum Gasteiger partial charge on any atom is 0.261 e. The van der Waals surface area contributed by atoms with Crippen LogP contribution in [-0.4, -0.2) is 14.3 Å². The van der Waals surface area contributed by atoms with Crippen molar-refractivity contribution in [2.24, 2.45) is 0 Å². The second kappa shape index (κ2) is 8.23. The minimum Gasteiger partial charge on any atom is -0.322 e. The highest BCUT2D eigenvalue weighted by Gasteiger charge is 2.19. The molecule has 3 aromatic carbocycles. The summed E-state index contributed by atoms with van der Waals surface area (Å²) in [5.74, 6) is -1.05. The number of benzene rings is 3. The number of anilines is 2. The summed E-state index contributed by atoms with van der Waals surface area (Å²) in [6, 6.07) is 14.3. The van der Waals surface area contributed by atoms with Gasteiger partial charge in [0.25, 0.3) is 15.9 Å². The van der Waals surface area contributed by atoms with Gasteiger partial charge in [0.2, 0.25) is 0 Å². The van der Waals surface area contributed by atoms with Gasteiger partial charge in [-0.2, -0.15) is 0 Å². The van der Waals surface area contributed by atoms with E-state index in [1.54, 1.807) is 12.1 Å². The van der Waals surface area contributed by atoms with Crippen LogP contribution in [0.25, 0.3) is 0 Å².